The summed E-state index contributed by atoms with van der Waals surface area (Å²) in [5, 5.41) is 6.53. The largest absolute Gasteiger partial charge is 0.492 e. The van der Waals surface area contributed by atoms with Crippen LogP contribution in [0.1, 0.15) is 27.6 Å². The lowest BCUT2D eigenvalue weighted by Gasteiger charge is -2.37. The van der Waals surface area contributed by atoms with Gasteiger partial charge in [-0.2, -0.15) is 11.3 Å². The minimum absolute atomic E-state index is 0.0704. The van der Waals surface area contributed by atoms with Crippen molar-refractivity contribution >= 4 is 34.5 Å². The van der Waals surface area contributed by atoms with Crippen molar-refractivity contribution in [2.45, 2.75) is 6.92 Å². The lowest BCUT2D eigenvalue weighted by molar-refractivity contribution is 0.0747. The van der Waals surface area contributed by atoms with Gasteiger partial charge in [-0.1, -0.05) is 24.3 Å². The van der Waals surface area contributed by atoms with Crippen molar-refractivity contribution in [2.75, 3.05) is 43.0 Å². The molecular formula is C24H25N3O3S. The number of ether oxygens (including phenoxy) is 1. The summed E-state index contributed by atoms with van der Waals surface area (Å²) < 4.78 is 5.76. The summed E-state index contributed by atoms with van der Waals surface area (Å²) in [6.45, 7) is 5.24. The van der Waals surface area contributed by atoms with E-state index in [1.807, 2.05) is 47.5 Å². The zero-order valence-electron chi connectivity index (χ0n) is 17.4. The highest BCUT2D eigenvalue weighted by atomic mass is 32.1. The van der Waals surface area contributed by atoms with Gasteiger partial charge >= 0.3 is 0 Å². The van der Waals surface area contributed by atoms with E-state index in [1.165, 1.54) is 11.3 Å². The fourth-order valence-corrected chi connectivity index (χ4v) is 4.32. The molecule has 1 aliphatic heterocycles. The first-order valence-corrected chi connectivity index (χ1v) is 11.3. The van der Waals surface area contributed by atoms with Crippen molar-refractivity contribution in [3.63, 3.8) is 0 Å². The Labute approximate surface area is 186 Å². The van der Waals surface area contributed by atoms with E-state index in [2.05, 4.69) is 16.3 Å². The Hall–Kier alpha value is -3.32. The van der Waals surface area contributed by atoms with Gasteiger partial charge in [0.05, 0.1) is 29.1 Å². The molecule has 7 heteroatoms. The zero-order chi connectivity index (χ0) is 21.6. The molecule has 3 aromatic rings. The van der Waals surface area contributed by atoms with Crippen LogP contribution in [0.15, 0.2) is 65.4 Å². The molecule has 160 valence electrons. The number of rotatable bonds is 6. The Morgan fingerprint density at radius 3 is 2.48 bits per heavy atom. The number of carbonyl (C=O) groups is 2. The second-order valence-corrected chi connectivity index (χ2v) is 7.97. The summed E-state index contributed by atoms with van der Waals surface area (Å²) >= 11 is 1.46. The summed E-state index contributed by atoms with van der Waals surface area (Å²) in [6, 6.07) is 16.9. The monoisotopic (exact) mass is 435 g/mol. The van der Waals surface area contributed by atoms with Crippen molar-refractivity contribution < 1.29 is 14.3 Å². The van der Waals surface area contributed by atoms with Gasteiger partial charge in [-0.15, -0.1) is 0 Å². The average molecular weight is 436 g/mol. The molecule has 0 spiro atoms. The first-order chi connectivity index (χ1) is 15.2. The summed E-state index contributed by atoms with van der Waals surface area (Å²) in [5.41, 5.74) is 2.69. The molecule has 4 rings (SSSR count). The second-order valence-electron chi connectivity index (χ2n) is 7.19. The zero-order valence-corrected chi connectivity index (χ0v) is 18.2. The lowest BCUT2D eigenvalue weighted by atomic mass is 10.1. The van der Waals surface area contributed by atoms with Gasteiger partial charge in [0.25, 0.3) is 11.8 Å². The highest BCUT2D eigenvalue weighted by Gasteiger charge is 2.25. The van der Waals surface area contributed by atoms with Crippen molar-refractivity contribution in [3.8, 4) is 5.75 Å². The number of nitrogens with zero attached hydrogens (tertiary/aromatic N) is 2. The molecule has 2 heterocycles. The smallest absolute Gasteiger partial charge is 0.256 e. The van der Waals surface area contributed by atoms with Crippen LogP contribution >= 0.6 is 11.3 Å². The third-order valence-electron chi connectivity index (χ3n) is 5.26. The fraction of sp³-hybridized carbons (Fsp3) is 0.250. The van der Waals surface area contributed by atoms with E-state index in [4.69, 9.17) is 4.74 Å². The number of anilines is 2. The number of thiophene rings is 1. The number of benzene rings is 2. The summed E-state index contributed by atoms with van der Waals surface area (Å²) in [4.78, 5) is 29.8. The summed E-state index contributed by atoms with van der Waals surface area (Å²) in [6.07, 6.45) is 0. The molecule has 6 nitrogen and oxygen atoms in total. The molecule has 0 aliphatic carbocycles. The molecular weight excluding hydrogens is 410 g/mol. The van der Waals surface area contributed by atoms with E-state index in [9.17, 15) is 9.59 Å². The van der Waals surface area contributed by atoms with E-state index >= 15 is 0 Å². The molecule has 0 atom stereocenters. The summed E-state index contributed by atoms with van der Waals surface area (Å²) in [7, 11) is 0. The molecule has 2 aromatic carbocycles. The van der Waals surface area contributed by atoms with Crippen LogP contribution in [0, 0.1) is 0 Å². The Balaban J connectivity index is 1.44. The lowest BCUT2D eigenvalue weighted by Crippen LogP contribution is -2.49. The molecule has 1 N–H and O–H groups in total. The maximum atomic E-state index is 13.2. The van der Waals surface area contributed by atoms with Gasteiger partial charge in [-0.05, 0) is 42.6 Å². The van der Waals surface area contributed by atoms with Crippen LogP contribution in [0.4, 0.5) is 11.4 Å². The van der Waals surface area contributed by atoms with Gasteiger partial charge in [0.1, 0.15) is 5.75 Å². The van der Waals surface area contributed by atoms with Crippen LogP contribution in [-0.2, 0) is 0 Å². The molecule has 1 saturated heterocycles. The van der Waals surface area contributed by atoms with Crippen LogP contribution < -0.4 is 15.0 Å². The van der Waals surface area contributed by atoms with Crippen molar-refractivity contribution in [1.29, 1.82) is 0 Å². The second kappa shape index (κ2) is 9.66. The molecule has 1 fully saturated rings. The SMILES string of the molecule is CCOc1ccccc1N1CCN(C(=O)c2ccccc2NC(=O)c2ccsc2)CC1. The number of nitrogens with one attached hydrogen (secondary N) is 1. The predicted octanol–water partition coefficient (Wildman–Crippen LogP) is 4.36. The quantitative estimate of drug-likeness (QED) is 0.625. The maximum Gasteiger partial charge on any atom is 0.256 e. The Morgan fingerprint density at radius 1 is 1.00 bits per heavy atom. The maximum absolute atomic E-state index is 13.2. The minimum atomic E-state index is -0.209. The third-order valence-corrected chi connectivity index (χ3v) is 5.94. The van der Waals surface area contributed by atoms with Crippen molar-refractivity contribution in [2.24, 2.45) is 0 Å². The third kappa shape index (κ3) is 4.72. The van der Waals surface area contributed by atoms with Gasteiger partial charge in [0.2, 0.25) is 0 Å². The minimum Gasteiger partial charge on any atom is -0.492 e. The number of piperazine rings is 1. The molecule has 0 saturated carbocycles. The molecule has 1 aromatic heterocycles. The normalized spacial score (nSPS) is 13.7. The molecule has 0 unspecified atom stereocenters. The topological polar surface area (TPSA) is 61.9 Å². The first-order valence-electron chi connectivity index (χ1n) is 10.4. The average Bonchev–Trinajstić information content (AvgIpc) is 3.35. The number of carbonyl (C=O) groups excluding carboxylic acids is 2. The van der Waals surface area contributed by atoms with Crippen LogP contribution in [0.2, 0.25) is 0 Å². The van der Waals surface area contributed by atoms with Gasteiger partial charge < -0.3 is 19.9 Å². The molecule has 0 radical (unpaired) electrons. The highest BCUT2D eigenvalue weighted by Crippen LogP contribution is 2.29. The van der Waals surface area contributed by atoms with Crippen molar-refractivity contribution in [1.82, 2.24) is 4.90 Å². The molecule has 31 heavy (non-hydrogen) atoms. The number of amides is 2. The molecule has 2 amide bonds. The first kappa shape index (κ1) is 20.9. The number of hydrogen-bond acceptors (Lipinski definition) is 5. The van der Waals surface area contributed by atoms with E-state index in [-0.39, 0.29) is 11.8 Å². The van der Waals surface area contributed by atoms with E-state index < -0.39 is 0 Å². The van der Waals surface area contributed by atoms with Crippen molar-refractivity contribution in [3.05, 3.63) is 76.5 Å². The predicted molar refractivity (Wildman–Crippen MR) is 124 cm³/mol. The summed E-state index contributed by atoms with van der Waals surface area (Å²) in [5.74, 6) is 0.587. The Bertz CT molecular complexity index is 1040. The van der Waals surface area contributed by atoms with E-state index in [0.29, 0.717) is 36.5 Å². The van der Waals surface area contributed by atoms with Gasteiger partial charge in [-0.3, -0.25) is 9.59 Å². The van der Waals surface area contributed by atoms with E-state index in [0.717, 1.165) is 24.5 Å². The Kier molecular flexibility index (Phi) is 6.52. The van der Waals surface area contributed by atoms with Gasteiger partial charge in [0.15, 0.2) is 0 Å². The van der Waals surface area contributed by atoms with Crippen LogP contribution in [0.5, 0.6) is 5.75 Å². The van der Waals surface area contributed by atoms with Crippen LogP contribution in [0.25, 0.3) is 0 Å². The van der Waals surface area contributed by atoms with Crippen LogP contribution in [0.3, 0.4) is 0 Å². The molecule has 0 bridgehead atoms. The Morgan fingerprint density at radius 2 is 1.74 bits per heavy atom. The van der Waals surface area contributed by atoms with Gasteiger partial charge in [0, 0.05) is 31.6 Å². The fourth-order valence-electron chi connectivity index (χ4n) is 3.68. The van der Waals surface area contributed by atoms with E-state index in [1.54, 1.807) is 23.6 Å². The number of hydrogen-bond donors (Lipinski definition) is 1. The van der Waals surface area contributed by atoms with Gasteiger partial charge in [-0.25, -0.2) is 0 Å². The molecule has 1 aliphatic rings. The highest BCUT2D eigenvalue weighted by molar-refractivity contribution is 7.08. The standard InChI is InChI=1S/C24H25N3O3S/c1-2-30-22-10-6-5-9-21(22)26-12-14-27(15-13-26)24(29)19-7-3-4-8-20(19)25-23(28)18-11-16-31-17-18/h3-11,16-17H,2,12-15H2,1H3,(H,25,28). The number of para-hydroxylation sites is 3. The van der Waals surface area contributed by atoms with Crippen LogP contribution in [-0.4, -0.2) is 49.5 Å².